The van der Waals surface area contributed by atoms with E-state index in [1.54, 1.807) is 4.90 Å². The SMILES string of the molecule is N/C(=N/O)C1CCN(C(=O)c2ccncc2O)CC1. The van der Waals surface area contributed by atoms with Gasteiger partial charge in [0.1, 0.15) is 11.6 Å². The molecule has 4 N–H and O–H groups in total. The molecular formula is C12H16N4O3. The Kier molecular flexibility index (Phi) is 3.84. The van der Waals surface area contributed by atoms with E-state index in [9.17, 15) is 9.90 Å². The number of oxime groups is 1. The molecule has 19 heavy (non-hydrogen) atoms. The molecule has 1 fully saturated rings. The fourth-order valence-corrected chi connectivity index (χ4v) is 2.20. The maximum absolute atomic E-state index is 12.2. The van der Waals surface area contributed by atoms with Crippen molar-refractivity contribution >= 4 is 11.7 Å². The summed E-state index contributed by atoms with van der Waals surface area (Å²) in [6.07, 6.45) is 4.01. The van der Waals surface area contributed by atoms with Crippen LogP contribution >= 0.6 is 0 Å². The zero-order valence-electron chi connectivity index (χ0n) is 10.4. The lowest BCUT2D eigenvalue weighted by atomic mass is 9.95. The molecule has 0 saturated carbocycles. The van der Waals surface area contributed by atoms with Gasteiger partial charge >= 0.3 is 0 Å². The number of hydrogen-bond acceptors (Lipinski definition) is 5. The zero-order valence-corrected chi connectivity index (χ0v) is 10.4. The minimum atomic E-state index is -0.224. The van der Waals surface area contributed by atoms with Gasteiger partial charge in [-0.05, 0) is 18.9 Å². The number of likely N-dealkylation sites (tertiary alicyclic amines) is 1. The van der Waals surface area contributed by atoms with Gasteiger partial charge in [-0.1, -0.05) is 5.16 Å². The molecule has 1 aliphatic rings. The molecule has 1 aromatic heterocycles. The summed E-state index contributed by atoms with van der Waals surface area (Å²) in [6.45, 7) is 1.03. The number of hydrogen-bond donors (Lipinski definition) is 3. The summed E-state index contributed by atoms with van der Waals surface area (Å²) in [7, 11) is 0. The number of aromatic hydroxyl groups is 1. The van der Waals surface area contributed by atoms with Gasteiger partial charge in [-0.25, -0.2) is 0 Å². The van der Waals surface area contributed by atoms with Crippen LogP contribution in [-0.2, 0) is 0 Å². The molecule has 7 heteroatoms. The van der Waals surface area contributed by atoms with Crippen LogP contribution in [0.25, 0.3) is 0 Å². The third-order valence-corrected chi connectivity index (χ3v) is 3.35. The van der Waals surface area contributed by atoms with Crippen molar-refractivity contribution in [2.24, 2.45) is 16.8 Å². The third kappa shape index (κ3) is 2.75. The van der Waals surface area contributed by atoms with E-state index in [1.807, 2.05) is 0 Å². The number of piperidine rings is 1. The van der Waals surface area contributed by atoms with Crippen molar-refractivity contribution in [2.45, 2.75) is 12.8 Å². The maximum Gasteiger partial charge on any atom is 0.257 e. The first-order valence-electron chi connectivity index (χ1n) is 6.03. The van der Waals surface area contributed by atoms with E-state index in [1.165, 1.54) is 18.5 Å². The Bertz CT molecular complexity index is 496. The Morgan fingerprint density at radius 3 is 2.74 bits per heavy atom. The van der Waals surface area contributed by atoms with Crippen molar-refractivity contribution in [3.05, 3.63) is 24.0 Å². The van der Waals surface area contributed by atoms with Crippen LogP contribution in [0, 0.1) is 5.92 Å². The molecule has 102 valence electrons. The topological polar surface area (TPSA) is 112 Å². The Morgan fingerprint density at radius 2 is 2.16 bits per heavy atom. The fourth-order valence-electron chi connectivity index (χ4n) is 2.20. The van der Waals surface area contributed by atoms with Crippen LogP contribution in [-0.4, -0.2) is 45.0 Å². The van der Waals surface area contributed by atoms with Crippen molar-refractivity contribution in [3.8, 4) is 5.75 Å². The van der Waals surface area contributed by atoms with Gasteiger partial charge in [0.05, 0.1) is 11.8 Å². The zero-order chi connectivity index (χ0) is 13.8. The predicted octanol–water partition coefficient (Wildman–Crippen LogP) is 0.386. The molecule has 1 saturated heterocycles. The standard InChI is InChI=1S/C12H16N4O3/c13-11(15-19)8-2-5-16(6-3-8)12(18)9-1-4-14-7-10(9)17/h1,4,7-8,17,19H,2-3,5-6H2,(H2,13,15). The lowest BCUT2D eigenvalue weighted by Gasteiger charge is -2.31. The molecule has 0 aromatic carbocycles. The number of rotatable bonds is 2. The first kappa shape index (κ1) is 13.1. The summed E-state index contributed by atoms with van der Waals surface area (Å²) < 4.78 is 0. The smallest absolute Gasteiger partial charge is 0.257 e. The van der Waals surface area contributed by atoms with Gasteiger partial charge in [-0.15, -0.1) is 0 Å². The van der Waals surface area contributed by atoms with Crippen LogP contribution in [0.4, 0.5) is 0 Å². The van der Waals surface area contributed by atoms with Gasteiger partial charge in [0.25, 0.3) is 5.91 Å². The highest BCUT2D eigenvalue weighted by molar-refractivity contribution is 5.96. The summed E-state index contributed by atoms with van der Waals surface area (Å²) in [5.74, 6) is -0.136. The molecule has 2 heterocycles. The van der Waals surface area contributed by atoms with E-state index in [4.69, 9.17) is 10.9 Å². The normalized spacial score (nSPS) is 17.5. The van der Waals surface area contributed by atoms with Crippen molar-refractivity contribution < 1.29 is 15.1 Å². The predicted molar refractivity (Wildman–Crippen MR) is 67.9 cm³/mol. The van der Waals surface area contributed by atoms with E-state index in [0.29, 0.717) is 25.9 Å². The lowest BCUT2D eigenvalue weighted by molar-refractivity contribution is 0.0706. The summed E-state index contributed by atoms with van der Waals surface area (Å²) in [6, 6.07) is 1.49. The number of pyridine rings is 1. The summed E-state index contributed by atoms with van der Waals surface area (Å²) in [4.78, 5) is 17.6. The van der Waals surface area contributed by atoms with Crippen LogP contribution in [0.2, 0.25) is 0 Å². The van der Waals surface area contributed by atoms with Crippen molar-refractivity contribution in [1.29, 1.82) is 0 Å². The van der Waals surface area contributed by atoms with Crippen LogP contribution < -0.4 is 5.73 Å². The molecule has 0 spiro atoms. The lowest BCUT2D eigenvalue weighted by Crippen LogP contribution is -2.41. The van der Waals surface area contributed by atoms with Crippen LogP contribution in [0.5, 0.6) is 5.75 Å². The second-order valence-corrected chi connectivity index (χ2v) is 4.48. The number of carbonyl (C=O) groups is 1. The molecule has 1 aliphatic heterocycles. The first-order valence-corrected chi connectivity index (χ1v) is 6.03. The van der Waals surface area contributed by atoms with Gasteiger partial charge in [0, 0.05) is 25.2 Å². The highest BCUT2D eigenvalue weighted by Gasteiger charge is 2.26. The highest BCUT2D eigenvalue weighted by Crippen LogP contribution is 2.22. The summed E-state index contributed by atoms with van der Waals surface area (Å²) >= 11 is 0. The average molecular weight is 264 g/mol. The van der Waals surface area contributed by atoms with E-state index in [0.717, 1.165) is 0 Å². The Hall–Kier alpha value is -2.31. The second kappa shape index (κ2) is 5.55. The Morgan fingerprint density at radius 1 is 1.47 bits per heavy atom. The average Bonchev–Trinajstić information content (AvgIpc) is 2.46. The molecular weight excluding hydrogens is 248 g/mol. The molecule has 0 unspecified atom stereocenters. The monoisotopic (exact) mass is 264 g/mol. The Balaban J connectivity index is 2.02. The molecule has 1 aromatic rings. The van der Waals surface area contributed by atoms with Gasteiger partial charge in [0.2, 0.25) is 0 Å². The molecule has 2 rings (SSSR count). The maximum atomic E-state index is 12.2. The number of nitrogens with two attached hydrogens (primary N) is 1. The minimum Gasteiger partial charge on any atom is -0.505 e. The third-order valence-electron chi connectivity index (χ3n) is 3.35. The molecule has 0 atom stereocenters. The molecule has 0 radical (unpaired) electrons. The van der Waals surface area contributed by atoms with E-state index in [2.05, 4.69) is 10.1 Å². The van der Waals surface area contributed by atoms with Gasteiger partial charge in [0.15, 0.2) is 0 Å². The van der Waals surface area contributed by atoms with E-state index >= 15 is 0 Å². The molecule has 7 nitrogen and oxygen atoms in total. The second-order valence-electron chi connectivity index (χ2n) is 4.48. The highest BCUT2D eigenvalue weighted by atomic mass is 16.4. The van der Waals surface area contributed by atoms with E-state index in [-0.39, 0.29) is 29.0 Å². The van der Waals surface area contributed by atoms with Crippen molar-refractivity contribution in [3.63, 3.8) is 0 Å². The molecule has 0 aliphatic carbocycles. The number of amidine groups is 1. The van der Waals surface area contributed by atoms with Gasteiger partial charge < -0.3 is 20.9 Å². The van der Waals surface area contributed by atoms with Crippen molar-refractivity contribution in [2.75, 3.05) is 13.1 Å². The number of carbonyl (C=O) groups excluding carboxylic acids is 1. The largest absolute Gasteiger partial charge is 0.505 e. The van der Waals surface area contributed by atoms with Crippen LogP contribution in [0.1, 0.15) is 23.2 Å². The first-order chi connectivity index (χ1) is 9.13. The van der Waals surface area contributed by atoms with Crippen LogP contribution in [0.3, 0.4) is 0 Å². The Labute approximate surface area is 110 Å². The summed E-state index contributed by atoms with van der Waals surface area (Å²) in [5.41, 5.74) is 5.80. The van der Waals surface area contributed by atoms with Crippen molar-refractivity contribution in [1.82, 2.24) is 9.88 Å². The molecule has 1 amide bonds. The fraction of sp³-hybridized carbons (Fsp3) is 0.417. The molecule has 0 bridgehead atoms. The number of amides is 1. The quantitative estimate of drug-likeness (QED) is 0.309. The van der Waals surface area contributed by atoms with E-state index < -0.39 is 0 Å². The minimum absolute atomic E-state index is 0.0000805. The van der Waals surface area contributed by atoms with Gasteiger partial charge in [-0.2, -0.15) is 0 Å². The number of aromatic nitrogens is 1. The summed E-state index contributed by atoms with van der Waals surface area (Å²) in [5, 5.41) is 21.2. The van der Waals surface area contributed by atoms with Crippen LogP contribution in [0.15, 0.2) is 23.6 Å². The number of nitrogens with zero attached hydrogens (tertiary/aromatic N) is 3. The van der Waals surface area contributed by atoms with Gasteiger partial charge in [-0.3, -0.25) is 9.78 Å².